The average molecular weight is 409 g/mol. The molecule has 30 heavy (non-hydrogen) atoms. The molecular formula is C24H32N4O2. The van der Waals surface area contributed by atoms with Crippen LogP contribution in [0.25, 0.3) is 0 Å². The molecule has 2 aromatic rings. The van der Waals surface area contributed by atoms with Crippen LogP contribution in [0.1, 0.15) is 36.6 Å². The zero-order valence-electron chi connectivity index (χ0n) is 18.1. The lowest BCUT2D eigenvalue weighted by Crippen LogP contribution is -2.48. The molecule has 2 N–H and O–H groups in total. The van der Waals surface area contributed by atoms with E-state index in [4.69, 9.17) is 9.73 Å². The van der Waals surface area contributed by atoms with E-state index in [0.717, 1.165) is 37.7 Å². The number of guanidine groups is 1. The van der Waals surface area contributed by atoms with E-state index >= 15 is 0 Å². The van der Waals surface area contributed by atoms with Gasteiger partial charge >= 0.3 is 0 Å². The van der Waals surface area contributed by atoms with Gasteiger partial charge in [0.15, 0.2) is 5.96 Å². The van der Waals surface area contributed by atoms with Crippen LogP contribution in [0.5, 0.6) is 0 Å². The lowest BCUT2D eigenvalue weighted by Gasteiger charge is -2.35. The second-order valence-electron chi connectivity index (χ2n) is 7.53. The molecule has 160 valence electrons. The predicted molar refractivity (Wildman–Crippen MR) is 122 cm³/mol. The first-order valence-electron chi connectivity index (χ1n) is 10.6. The number of rotatable bonds is 6. The van der Waals surface area contributed by atoms with Crippen molar-refractivity contribution in [3.8, 4) is 0 Å². The predicted octanol–water partition coefficient (Wildman–Crippen LogP) is 3.53. The van der Waals surface area contributed by atoms with Crippen LogP contribution in [-0.2, 0) is 16.0 Å². The van der Waals surface area contributed by atoms with Crippen LogP contribution in [0.3, 0.4) is 0 Å². The van der Waals surface area contributed by atoms with Crippen LogP contribution >= 0.6 is 0 Å². The largest absolute Gasteiger partial charge is 0.370 e. The van der Waals surface area contributed by atoms with Crippen LogP contribution in [0.4, 0.5) is 5.69 Å². The number of nitrogens with one attached hydrogen (secondary N) is 2. The number of anilines is 1. The normalized spacial score (nSPS) is 17.0. The first kappa shape index (κ1) is 21.8. The standard InChI is InChI=1S/C24H32N4O2/c1-4-25-24(26-14-13-20-9-11-21(12-10-20)27-19(3)29)28-15-16-30-23(17-28)22-8-6-5-7-18(22)2/h5-12,23H,4,13-17H2,1-3H3,(H,25,26)(H,27,29). The van der Waals surface area contributed by atoms with E-state index in [2.05, 4.69) is 53.6 Å². The lowest BCUT2D eigenvalue weighted by atomic mass is 10.0. The Bertz CT molecular complexity index is 864. The molecule has 3 rings (SSSR count). The van der Waals surface area contributed by atoms with Gasteiger partial charge in [-0.25, -0.2) is 0 Å². The van der Waals surface area contributed by atoms with E-state index in [-0.39, 0.29) is 12.0 Å². The quantitative estimate of drug-likeness (QED) is 0.567. The summed E-state index contributed by atoms with van der Waals surface area (Å²) in [7, 11) is 0. The lowest BCUT2D eigenvalue weighted by molar-refractivity contribution is -0.114. The van der Waals surface area contributed by atoms with Gasteiger partial charge in [0.1, 0.15) is 6.10 Å². The molecule has 1 amide bonds. The van der Waals surface area contributed by atoms with Gasteiger partial charge in [-0.3, -0.25) is 9.79 Å². The minimum Gasteiger partial charge on any atom is -0.370 e. The highest BCUT2D eigenvalue weighted by atomic mass is 16.5. The van der Waals surface area contributed by atoms with Gasteiger partial charge in [-0.05, 0) is 49.1 Å². The molecular weight excluding hydrogens is 376 g/mol. The Hall–Kier alpha value is -2.86. The number of aliphatic imine (C=N–C) groups is 1. The van der Waals surface area contributed by atoms with Crippen LogP contribution in [0.2, 0.25) is 0 Å². The number of amides is 1. The molecule has 1 aliphatic rings. The third-order valence-electron chi connectivity index (χ3n) is 5.17. The first-order chi connectivity index (χ1) is 14.6. The number of hydrogen-bond acceptors (Lipinski definition) is 3. The summed E-state index contributed by atoms with van der Waals surface area (Å²) >= 11 is 0. The van der Waals surface area contributed by atoms with Crippen molar-refractivity contribution in [2.45, 2.75) is 33.3 Å². The Morgan fingerprint density at radius 3 is 2.67 bits per heavy atom. The fourth-order valence-corrected chi connectivity index (χ4v) is 3.65. The Labute approximate surface area is 179 Å². The van der Waals surface area contributed by atoms with Gasteiger partial charge in [0, 0.05) is 32.2 Å². The Morgan fingerprint density at radius 1 is 1.20 bits per heavy atom. The van der Waals surface area contributed by atoms with Crippen molar-refractivity contribution in [2.75, 3.05) is 38.1 Å². The van der Waals surface area contributed by atoms with E-state index < -0.39 is 0 Å². The minimum atomic E-state index is -0.0582. The monoisotopic (exact) mass is 408 g/mol. The van der Waals surface area contributed by atoms with Crippen molar-refractivity contribution in [3.63, 3.8) is 0 Å². The van der Waals surface area contributed by atoms with Gasteiger partial charge < -0.3 is 20.3 Å². The van der Waals surface area contributed by atoms with Crippen molar-refractivity contribution in [1.82, 2.24) is 10.2 Å². The smallest absolute Gasteiger partial charge is 0.221 e. The number of benzene rings is 2. The fourth-order valence-electron chi connectivity index (χ4n) is 3.65. The second-order valence-corrected chi connectivity index (χ2v) is 7.53. The van der Waals surface area contributed by atoms with Crippen molar-refractivity contribution >= 4 is 17.6 Å². The molecule has 0 aliphatic carbocycles. The third-order valence-corrected chi connectivity index (χ3v) is 5.17. The Morgan fingerprint density at radius 2 is 1.97 bits per heavy atom. The summed E-state index contributed by atoms with van der Waals surface area (Å²) in [6.45, 7) is 9.59. The SMILES string of the molecule is CCNC(=NCCc1ccc(NC(C)=O)cc1)N1CCOC(c2ccccc2C)C1. The van der Waals surface area contributed by atoms with E-state index in [0.29, 0.717) is 13.2 Å². The van der Waals surface area contributed by atoms with Crippen LogP contribution in [-0.4, -0.2) is 49.6 Å². The topological polar surface area (TPSA) is 66.0 Å². The summed E-state index contributed by atoms with van der Waals surface area (Å²) in [6, 6.07) is 16.4. The van der Waals surface area contributed by atoms with Crippen molar-refractivity contribution in [2.24, 2.45) is 4.99 Å². The van der Waals surface area contributed by atoms with Crippen molar-refractivity contribution in [3.05, 3.63) is 65.2 Å². The maximum absolute atomic E-state index is 11.1. The molecule has 1 unspecified atom stereocenters. The van der Waals surface area contributed by atoms with E-state index in [1.165, 1.54) is 23.6 Å². The summed E-state index contributed by atoms with van der Waals surface area (Å²) < 4.78 is 6.06. The van der Waals surface area contributed by atoms with Crippen molar-refractivity contribution < 1.29 is 9.53 Å². The molecule has 0 saturated carbocycles. The Balaban J connectivity index is 1.62. The van der Waals surface area contributed by atoms with Gasteiger partial charge in [-0.1, -0.05) is 36.4 Å². The molecule has 6 nitrogen and oxygen atoms in total. The zero-order chi connectivity index (χ0) is 21.3. The van der Waals surface area contributed by atoms with E-state index in [1.54, 1.807) is 0 Å². The molecule has 0 radical (unpaired) electrons. The number of aryl methyl sites for hydroxylation is 1. The summed E-state index contributed by atoms with van der Waals surface area (Å²) in [5.41, 5.74) is 4.52. The molecule has 1 fully saturated rings. The molecule has 0 aromatic heterocycles. The van der Waals surface area contributed by atoms with Crippen LogP contribution in [0.15, 0.2) is 53.5 Å². The summed E-state index contributed by atoms with van der Waals surface area (Å²) in [5, 5.41) is 6.22. The first-order valence-corrected chi connectivity index (χ1v) is 10.6. The van der Waals surface area contributed by atoms with Crippen molar-refractivity contribution in [1.29, 1.82) is 0 Å². The number of carbonyl (C=O) groups excluding carboxylic acids is 1. The van der Waals surface area contributed by atoms with Gasteiger partial charge in [-0.2, -0.15) is 0 Å². The molecule has 0 bridgehead atoms. The highest BCUT2D eigenvalue weighted by Gasteiger charge is 2.25. The highest BCUT2D eigenvalue weighted by molar-refractivity contribution is 5.88. The molecule has 1 heterocycles. The summed E-state index contributed by atoms with van der Waals surface area (Å²) in [4.78, 5) is 18.3. The molecule has 1 aliphatic heterocycles. The maximum Gasteiger partial charge on any atom is 0.221 e. The third kappa shape index (κ3) is 6.07. The summed E-state index contributed by atoms with van der Waals surface area (Å²) in [6.07, 6.45) is 0.908. The second kappa shape index (κ2) is 10.8. The van der Waals surface area contributed by atoms with Gasteiger partial charge in [-0.15, -0.1) is 0 Å². The van der Waals surface area contributed by atoms with E-state index in [9.17, 15) is 4.79 Å². The molecule has 0 spiro atoms. The van der Waals surface area contributed by atoms with E-state index in [1.807, 2.05) is 24.3 Å². The van der Waals surface area contributed by atoms with Crippen LogP contribution in [0, 0.1) is 6.92 Å². The fraction of sp³-hybridized carbons (Fsp3) is 0.417. The molecule has 1 saturated heterocycles. The van der Waals surface area contributed by atoms with Gasteiger partial charge in [0.05, 0.1) is 13.2 Å². The van der Waals surface area contributed by atoms with Gasteiger partial charge in [0.25, 0.3) is 0 Å². The number of ether oxygens (including phenoxy) is 1. The number of hydrogen-bond donors (Lipinski definition) is 2. The number of nitrogens with zero attached hydrogens (tertiary/aromatic N) is 2. The summed E-state index contributed by atoms with van der Waals surface area (Å²) in [5.74, 6) is 0.881. The van der Waals surface area contributed by atoms with Gasteiger partial charge in [0.2, 0.25) is 5.91 Å². The number of morpholine rings is 1. The number of carbonyl (C=O) groups is 1. The molecule has 1 atom stereocenters. The maximum atomic E-state index is 11.1. The molecule has 2 aromatic carbocycles. The average Bonchev–Trinajstić information content (AvgIpc) is 2.74. The highest BCUT2D eigenvalue weighted by Crippen LogP contribution is 2.25. The molecule has 6 heteroatoms. The zero-order valence-corrected chi connectivity index (χ0v) is 18.1. The minimum absolute atomic E-state index is 0.0582. The van der Waals surface area contributed by atoms with Crippen LogP contribution < -0.4 is 10.6 Å². The Kier molecular flexibility index (Phi) is 7.85.